The number of amides is 3. The molecule has 0 aliphatic rings. The number of carbonyl (C=O) groups excluding carboxylic acids is 2. The average molecular weight is 325 g/mol. The molecule has 0 heterocycles. The van der Waals surface area contributed by atoms with E-state index in [4.69, 9.17) is 5.73 Å². The van der Waals surface area contributed by atoms with E-state index in [0.29, 0.717) is 6.54 Å². The predicted molar refractivity (Wildman–Crippen MR) is 94.5 cm³/mol. The van der Waals surface area contributed by atoms with Crippen LogP contribution >= 0.6 is 0 Å². The minimum atomic E-state index is -0.705. The van der Waals surface area contributed by atoms with Crippen molar-refractivity contribution in [2.45, 2.75) is 25.3 Å². The Hall–Kier alpha value is -2.82. The van der Waals surface area contributed by atoms with E-state index in [1.54, 1.807) is 6.92 Å². The Morgan fingerprint density at radius 1 is 0.958 bits per heavy atom. The van der Waals surface area contributed by atoms with Gasteiger partial charge in [0.15, 0.2) is 0 Å². The number of hydrogen-bond donors (Lipinski definition) is 3. The van der Waals surface area contributed by atoms with Crippen molar-refractivity contribution >= 4 is 11.9 Å². The molecule has 0 saturated carbocycles. The molecule has 0 aliphatic heterocycles. The minimum absolute atomic E-state index is 0.201. The first-order chi connectivity index (χ1) is 11.6. The minimum Gasteiger partial charge on any atom is -0.354 e. The number of urea groups is 1. The molecule has 5 nitrogen and oxygen atoms in total. The van der Waals surface area contributed by atoms with Crippen LogP contribution in [-0.4, -0.2) is 24.5 Å². The normalized spacial score (nSPS) is 11.8. The first kappa shape index (κ1) is 17.5. The van der Waals surface area contributed by atoms with Gasteiger partial charge in [0.1, 0.15) is 6.04 Å². The number of nitrogens with one attached hydrogen (secondary N) is 2. The van der Waals surface area contributed by atoms with Crippen molar-refractivity contribution in [3.63, 3.8) is 0 Å². The second kappa shape index (κ2) is 8.72. The molecular weight excluding hydrogens is 302 g/mol. The summed E-state index contributed by atoms with van der Waals surface area (Å²) in [6.07, 6.45) is 0.767. The molecule has 126 valence electrons. The third kappa shape index (κ3) is 5.12. The van der Waals surface area contributed by atoms with Gasteiger partial charge < -0.3 is 16.4 Å². The summed E-state index contributed by atoms with van der Waals surface area (Å²) in [6.45, 7) is 2.12. The number of primary amides is 1. The second-order valence-electron chi connectivity index (χ2n) is 5.68. The Balaban J connectivity index is 2.00. The molecule has 4 N–H and O–H groups in total. The van der Waals surface area contributed by atoms with Crippen molar-refractivity contribution in [2.75, 3.05) is 6.54 Å². The van der Waals surface area contributed by atoms with Crippen LogP contribution in [0.5, 0.6) is 0 Å². The van der Waals surface area contributed by atoms with Crippen molar-refractivity contribution in [1.29, 1.82) is 0 Å². The summed E-state index contributed by atoms with van der Waals surface area (Å²) in [6, 6.07) is 19.1. The van der Waals surface area contributed by atoms with Crippen LogP contribution < -0.4 is 16.4 Å². The molecule has 0 unspecified atom stereocenters. The van der Waals surface area contributed by atoms with E-state index in [9.17, 15) is 9.59 Å². The number of nitrogens with two attached hydrogens (primary N) is 1. The number of hydrogen-bond acceptors (Lipinski definition) is 2. The van der Waals surface area contributed by atoms with E-state index >= 15 is 0 Å². The van der Waals surface area contributed by atoms with Gasteiger partial charge in [-0.2, -0.15) is 0 Å². The number of rotatable bonds is 7. The van der Waals surface area contributed by atoms with Gasteiger partial charge in [0, 0.05) is 12.5 Å². The highest BCUT2D eigenvalue weighted by Crippen LogP contribution is 2.27. The highest BCUT2D eigenvalue weighted by Gasteiger charge is 2.16. The maximum absolute atomic E-state index is 12.0. The molecule has 1 atom stereocenters. The van der Waals surface area contributed by atoms with E-state index in [1.165, 1.54) is 11.1 Å². The molecule has 0 saturated heterocycles. The Morgan fingerprint density at radius 2 is 1.46 bits per heavy atom. The average Bonchev–Trinajstić information content (AvgIpc) is 2.59. The Morgan fingerprint density at radius 3 is 1.92 bits per heavy atom. The van der Waals surface area contributed by atoms with Crippen molar-refractivity contribution in [3.05, 3.63) is 71.8 Å². The summed E-state index contributed by atoms with van der Waals surface area (Å²) in [4.78, 5) is 22.7. The summed E-state index contributed by atoms with van der Waals surface area (Å²) in [5.74, 6) is -0.0409. The fourth-order valence-electron chi connectivity index (χ4n) is 2.67. The molecule has 0 radical (unpaired) electrons. The summed E-state index contributed by atoms with van der Waals surface area (Å²) in [5.41, 5.74) is 7.45. The largest absolute Gasteiger partial charge is 0.354 e. The zero-order chi connectivity index (χ0) is 17.4. The standard InChI is InChI=1S/C19H23N3O2/c1-14(22-19(20)24)18(23)21-13-12-17(15-8-4-2-5-9-15)16-10-6-3-7-11-16/h2-11,14,17H,12-13H2,1H3,(H,21,23)(H3,20,22,24)/t14-/m0/s1. The maximum Gasteiger partial charge on any atom is 0.312 e. The molecule has 3 amide bonds. The lowest BCUT2D eigenvalue weighted by atomic mass is 9.88. The molecule has 24 heavy (non-hydrogen) atoms. The van der Waals surface area contributed by atoms with Crippen LogP contribution in [0.3, 0.4) is 0 Å². The molecule has 0 fully saturated rings. The van der Waals surface area contributed by atoms with E-state index in [0.717, 1.165) is 6.42 Å². The van der Waals surface area contributed by atoms with Crippen molar-refractivity contribution in [1.82, 2.24) is 10.6 Å². The SMILES string of the molecule is C[C@H](NC(N)=O)C(=O)NCCC(c1ccccc1)c1ccccc1. The summed E-state index contributed by atoms with van der Waals surface area (Å²) < 4.78 is 0. The topological polar surface area (TPSA) is 84.2 Å². The molecule has 2 aromatic rings. The molecule has 2 aromatic carbocycles. The van der Waals surface area contributed by atoms with Gasteiger partial charge in [0.2, 0.25) is 5.91 Å². The van der Waals surface area contributed by atoms with Crippen molar-refractivity contribution in [2.24, 2.45) is 5.73 Å². The predicted octanol–water partition coefficient (Wildman–Crippen LogP) is 2.38. The number of carbonyl (C=O) groups is 2. The van der Waals surface area contributed by atoms with Crippen LogP contribution in [-0.2, 0) is 4.79 Å². The van der Waals surface area contributed by atoms with E-state index in [1.807, 2.05) is 36.4 Å². The summed E-state index contributed by atoms with van der Waals surface area (Å²) >= 11 is 0. The van der Waals surface area contributed by atoms with Gasteiger partial charge in [-0.3, -0.25) is 4.79 Å². The Bertz CT molecular complexity index is 619. The van der Waals surface area contributed by atoms with Gasteiger partial charge in [-0.05, 0) is 24.5 Å². The van der Waals surface area contributed by atoms with Crippen LogP contribution in [0.1, 0.15) is 30.4 Å². The maximum atomic E-state index is 12.0. The Kier molecular flexibility index (Phi) is 6.37. The Labute approximate surface area is 142 Å². The first-order valence-corrected chi connectivity index (χ1v) is 8.01. The van der Waals surface area contributed by atoms with E-state index < -0.39 is 12.1 Å². The first-order valence-electron chi connectivity index (χ1n) is 8.01. The highest BCUT2D eigenvalue weighted by atomic mass is 16.2. The third-order valence-electron chi connectivity index (χ3n) is 3.89. The van der Waals surface area contributed by atoms with Crippen LogP contribution in [0.25, 0.3) is 0 Å². The van der Waals surface area contributed by atoms with Crippen LogP contribution in [0.2, 0.25) is 0 Å². The van der Waals surface area contributed by atoms with Gasteiger partial charge in [0.05, 0.1) is 0 Å². The molecule has 0 bridgehead atoms. The van der Waals surface area contributed by atoms with Gasteiger partial charge in [-0.15, -0.1) is 0 Å². The van der Waals surface area contributed by atoms with Crippen LogP contribution in [0, 0.1) is 0 Å². The lowest BCUT2D eigenvalue weighted by Gasteiger charge is -2.19. The molecule has 0 spiro atoms. The lowest BCUT2D eigenvalue weighted by Crippen LogP contribution is -2.47. The molecule has 2 rings (SSSR count). The summed E-state index contributed by atoms with van der Waals surface area (Å²) in [5, 5.41) is 5.22. The van der Waals surface area contributed by atoms with Gasteiger partial charge in [-0.1, -0.05) is 60.7 Å². The van der Waals surface area contributed by atoms with Crippen LogP contribution in [0.4, 0.5) is 4.79 Å². The van der Waals surface area contributed by atoms with Gasteiger partial charge >= 0.3 is 6.03 Å². The molecule has 5 heteroatoms. The quantitative estimate of drug-likeness (QED) is 0.730. The van der Waals surface area contributed by atoms with Crippen molar-refractivity contribution < 1.29 is 9.59 Å². The second-order valence-corrected chi connectivity index (χ2v) is 5.68. The smallest absolute Gasteiger partial charge is 0.312 e. The van der Waals surface area contributed by atoms with Gasteiger partial charge in [0.25, 0.3) is 0 Å². The fourth-order valence-corrected chi connectivity index (χ4v) is 2.67. The van der Waals surface area contributed by atoms with E-state index in [2.05, 4.69) is 34.9 Å². The number of benzene rings is 2. The fraction of sp³-hybridized carbons (Fsp3) is 0.263. The van der Waals surface area contributed by atoms with E-state index in [-0.39, 0.29) is 11.8 Å². The zero-order valence-corrected chi connectivity index (χ0v) is 13.7. The zero-order valence-electron chi connectivity index (χ0n) is 13.7. The van der Waals surface area contributed by atoms with Gasteiger partial charge in [-0.25, -0.2) is 4.79 Å². The van der Waals surface area contributed by atoms with Crippen LogP contribution in [0.15, 0.2) is 60.7 Å². The monoisotopic (exact) mass is 325 g/mol. The van der Waals surface area contributed by atoms with Crippen molar-refractivity contribution in [3.8, 4) is 0 Å². The summed E-state index contributed by atoms with van der Waals surface area (Å²) in [7, 11) is 0. The molecular formula is C19H23N3O2. The highest BCUT2D eigenvalue weighted by molar-refractivity contribution is 5.86. The third-order valence-corrected chi connectivity index (χ3v) is 3.89. The lowest BCUT2D eigenvalue weighted by molar-refractivity contribution is -0.122. The molecule has 0 aliphatic carbocycles. The molecule has 0 aromatic heterocycles.